The molecule has 2 aromatic rings. The molecule has 0 aliphatic heterocycles. The van der Waals surface area contributed by atoms with E-state index in [2.05, 4.69) is 15.0 Å². The molecule has 2 rings (SSSR count). The summed E-state index contributed by atoms with van der Waals surface area (Å²) in [5, 5.41) is -0.376. The smallest absolute Gasteiger partial charge is 0.327 e. The first kappa shape index (κ1) is 12.3. The highest BCUT2D eigenvalue weighted by atomic mass is 35.5. The summed E-state index contributed by atoms with van der Waals surface area (Å²) >= 11 is 16.7. The third-order valence-electron chi connectivity index (χ3n) is 1.68. The van der Waals surface area contributed by atoms with Crippen LogP contribution in [0.5, 0.6) is 11.8 Å². The third-order valence-corrected chi connectivity index (χ3v) is 2.31. The molecule has 0 N–H and O–H groups in total. The van der Waals surface area contributed by atoms with Crippen molar-refractivity contribution in [1.29, 1.82) is 0 Å². The molecule has 4 nitrogen and oxygen atoms in total. The Bertz CT molecular complexity index is 547. The summed E-state index contributed by atoms with van der Waals surface area (Å²) in [6, 6.07) is 4.06. The van der Waals surface area contributed by atoms with Crippen molar-refractivity contribution in [3.8, 4) is 11.8 Å². The van der Waals surface area contributed by atoms with Gasteiger partial charge < -0.3 is 4.74 Å². The normalized spacial score (nSPS) is 10.4. The van der Waals surface area contributed by atoms with Crippen molar-refractivity contribution in [1.82, 2.24) is 15.0 Å². The monoisotopic (exact) mass is 293 g/mol. The van der Waals surface area contributed by atoms with E-state index in [4.69, 9.17) is 39.5 Å². The summed E-state index contributed by atoms with van der Waals surface area (Å²) in [6.07, 6.45) is 0. The first-order valence-corrected chi connectivity index (χ1v) is 5.38. The average molecular weight is 294 g/mol. The minimum absolute atomic E-state index is 0.0752. The molecule has 0 aliphatic carbocycles. The Kier molecular flexibility index (Phi) is 3.61. The van der Waals surface area contributed by atoms with Crippen LogP contribution in [0.3, 0.4) is 0 Å². The van der Waals surface area contributed by atoms with Gasteiger partial charge in [-0.3, -0.25) is 0 Å². The van der Waals surface area contributed by atoms with E-state index in [0.29, 0.717) is 0 Å². The van der Waals surface area contributed by atoms with E-state index in [1.807, 2.05) is 0 Å². The van der Waals surface area contributed by atoms with E-state index in [9.17, 15) is 4.39 Å². The van der Waals surface area contributed by atoms with Gasteiger partial charge in [-0.25, -0.2) is 4.39 Å². The van der Waals surface area contributed by atoms with Crippen LogP contribution in [0, 0.1) is 5.82 Å². The Morgan fingerprint density at radius 1 is 1.00 bits per heavy atom. The highest BCUT2D eigenvalue weighted by Crippen LogP contribution is 2.27. The molecule has 0 bridgehead atoms. The SMILES string of the molecule is Fc1c(Cl)cccc1Oc1nc(Cl)nc(Cl)n1. The Labute approximate surface area is 110 Å². The second-order valence-electron chi connectivity index (χ2n) is 2.81. The number of aromatic nitrogens is 3. The zero-order valence-electron chi connectivity index (χ0n) is 7.99. The van der Waals surface area contributed by atoms with Gasteiger partial charge in [0.2, 0.25) is 10.6 Å². The lowest BCUT2D eigenvalue weighted by atomic mass is 10.3. The lowest BCUT2D eigenvalue weighted by molar-refractivity contribution is 0.409. The quantitative estimate of drug-likeness (QED) is 0.846. The molecule has 88 valence electrons. The van der Waals surface area contributed by atoms with Gasteiger partial charge in [0.05, 0.1) is 5.02 Å². The molecule has 8 heteroatoms. The van der Waals surface area contributed by atoms with Crippen LogP contribution in [-0.2, 0) is 0 Å². The molecular weight excluding hydrogens is 291 g/mol. The van der Waals surface area contributed by atoms with Crippen molar-refractivity contribution in [2.45, 2.75) is 0 Å². The van der Waals surface area contributed by atoms with E-state index < -0.39 is 5.82 Å². The number of rotatable bonds is 2. The average Bonchev–Trinajstić information content (AvgIpc) is 2.23. The molecule has 0 atom stereocenters. The van der Waals surface area contributed by atoms with Gasteiger partial charge in [-0.1, -0.05) is 17.7 Å². The molecule has 1 heterocycles. The van der Waals surface area contributed by atoms with Gasteiger partial charge in [0, 0.05) is 0 Å². The maximum Gasteiger partial charge on any atom is 0.327 e. The Morgan fingerprint density at radius 3 is 2.29 bits per heavy atom. The lowest BCUT2D eigenvalue weighted by Gasteiger charge is -2.05. The molecule has 1 aromatic heterocycles. The van der Waals surface area contributed by atoms with Crippen LogP contribution in [0.2, 0.25) is 15.6 Å². The van der Waals surface area contributed by atoms with Crippen molar-refractivity contribution in [3.63, 3.8) is 0 Å². The topological polar surface area (TPSA) is 47.9 Å². The van der Waals surface area contributed by atoms with Crippen molar-refractivity contribution < 1.29 is 9.13 Å². The standard InChI is InChI=1S/C9H3Cl3FN3O/c10-4-2-1-3-5(6(4)13)17-9-15-7(11)14-8(12)16-9/h1-3H. The van der Waals surface area contributed by atoms with E-state index >= 15 is 0 Å². The summed E-state index contributed by atoms with van der Waals surface area (Å²) in [4.78, 5) is 10.8. The first-order valence-electron chi connectivity index (χ1n) is 4.25. The molecule has 0 saturated carbocycles. The molecule has 0 radical (unpaired) electrons. The zero-order chi connectivity index (χ0) is 12.4. The molecule has 1 aromatic carbocycles. The largest absolute Gasteiger partial charge is 0.421 e. The Hall–Kier alpha value is -1.17. The van der Waals surface area contributed by atoms with E-state index in [0.717, 1.165) is 0 Å². The van der Waals surface area contributed by atoms with Crippen LogP contribution in [0.1, 0.15) is 0 Å². The highest BCUT2D eigenvalue weighted by Gasteiger charge is 2.11. The van der Waals surface area contributed by atoms with Gasteiger partial charge in [0.25, 0.3) is 0 Å². The number of nitrogens with zero attached hydrogens (tertiary/aromatic N) is 3. The van der Waals surface area contributed by atoms with Crippen molar-refractivity contribution in [3.05, 3.63) is 39.6 Å². The van der Waals surface area contributed by atoms with Crippen LogP contribution < -0.4 is 4.74 Å². The van der Waals surface area contributed by atoms with Crippen LogP contribution in [0.25, 0.3) is 0 Å². The van der Waals surface area contributed by atoms with Gasteiger partial charge in [0.15, 0.2) is 11.6 Å². The van der Waals surface area contributed by atoms with Crippen LogP contribution in [0.4, 0.5) is 4.39 Å². The highest BCUT2D eigenvalue weighted by molar-refractivity contribution is 6.31. The fourth-order valence-corrected chi connectivity index (χ4v) is 1.53. The molecular formula is C9H3Cl3FN3O. The minimum Gasteiger partial charge on any atom is -0.421 e. The Morgan fingerprint density at radius 2 is 1.65 bits per heavy atom. The number of ether oxygens (including phenoxy) is 1. The number of benzene rings is 1. The van der Waals surface area contributed by atoms with E-state index in [-0.39, 0.29) is 27.3 Å². The summed E-state index contributed by atoms with van der Waals surface area (Å²) in [6.45, 7) is 0. The number of hydrogen-bond donors (Lipinski definition) is 0. The minimum atomic E-state index is -0.721. The second kappa shape index (κ2) is 5.00. The van der Waals surface area contributed by atoms with Crippen molar-refractivity contribution in [2.24, 2.45) is 0 Å². The summed E-state index contributed by atoms with van der Waals surface area (Å²) in [7, 11) is 0. The van der Waals surface area contributed by atoms with Gasteiger partial charge in [0.1, 0.15) is 0 Å². The third kappa shape index (κ3) is 2.94. The first-order chi connectivity index (χ1) is 8.06. The predicted octanol–water partition coefficient (Wildman–Crippen LogP) is 3.76. The zero-order valence-corrected chi connectivity index (χ0v) is 10.3. The van der Waals surface area contributed by atoms with Crippen LogP contribution in [0.15, 0.2) is 18.2 Å². The molecule has 0 fully saturated rings. The lowest BCUT2D eigenvalue weighted by Crippen LogP contribution is -1.96. The van der Waals surface area contributed by atoms with Gasteiger partial charge in [-0.15, -0.1) is 0 Å². The van der Waals surface area contributed by atoms with Crippen LogP contribution >= 0.6 is 34.8 Å². The van der Waals surface area contributed by atoms with Crippen molar-refractivity contribution in [2.75, 3.05) is 0 Å². The van der Waals surface area contributed by atoms with Gasteiger partial charge in [-0.05, 0) is 35.3 Å². The molecule has 0 unspecified atom stereocenters. The van der Waals surface area contributed by atoms with Gasteiger partial charge >= 0.3 is 6.01 Å². The van der Waals surface area contributed by atoms with Crippen LogP contribution in [-0.4, -0.2) is 15.0 Å². The Balaban J connectivity index is 2.34. The predicted molar refractivity (Wildman–Crippen MR) is 61.3 cm³/mol. The van der Waals surface area contributed by atoms with Crippen molar-refractivity contribution >= 4 is 34.8 Å². The molecule has 0 saturated heterocycles. The van der Waals surface area contributed by atoms with E-state index in [1.54, 1.807) is 0 Å². The van der Waals surface area contributed by atoms with E-state index in [1.165, 1.54) is 18.2 Å². The second-order valence-corrected chi connectivity index (χ2v) is 3.89. The molecule has 0 aliphatic rings. The maximum atomic E-state index is 13.5. The summed E-state index contributed by atoms with van der Waals surface area (Å²) in [5.41, 5.74) is 0. The number of hydrogen-bond acceptors (Lipinski definition) is 4. The molecule has 17 heavy (non-hydrogen) atoms. The summed E-state index contributed by atoms with van der Waals surface area (Å²) in [5.74, 6) is -0.849. The molecule has 0 amide bonds. The fourth-order valence-electron chi connectivity index (χ4n) is 1.02. The van der Waals surface area contributed by atoms with Gasteiger partial charge in [-0.2, -0.15) is 15.0 Å². The number of halogens is 4. The summed E-state index contributed by atoms with van der Waals surface area (Å²) < 4.78 is 18.6. The maximum absolute atomic E-state index is 13.5. The molecule has 0 spiro atoms. The fraction of sp³-hybridized carbons (Fsp3) is 0.